The van der Waals surface area contributed by atoms with Crippen LogP contribution in [0.4, 0.5) is 35.1 Å². The van der Waals surface area contributed by atoms with Gasteiger partial charge < -0.3 is 15.4 Å². The molecule has 0 fully saturated rings. The summed E-state index contributed by atoms with van der Waals surface area (Å²) in [6.45, 7) is 2.12. The van der Waals surface area contributed by atoms with Gasteiger partial charge in [-0.2, -0.15) is 35.1 Å². The molecule has 14 heteroatoms. The molecule has 0 atom stereocenters. The van der Waals surface area contributed by atoms with Gasteiger partial charge in [0.05, 0.1) is 11.1 Å². The van der Waals surface area contributed by atoms with Crippen LogP contribution in [0.2, 0.25) is 0 Å². The van der Waals surface area contributed by atoms with Gasteiger partial charge in [0.15, 0.2) is 0 Å². The standard InChI is InChI=1S/C34H31F8N5O/c1-3-32(35,36)26-15-23(16-27(18-26)34(40,41)42)19-47(31(43)45-46(2)44)20-24-17-25(33(37,38)39)13-14-28(24)29-11-7-8-12-30(29)48-21-22-9-5-4-6-10-22/h3-18H,1,19-21,44H2,2H3,(H2,43,45). The number of halogens is 8. The van der Waals surface area contributed by atoms with E-state index >= 15 is 0 Å². The van der Waals surface area contributed by atoms with E-state index in [0.29, 0.717) is 23.4 Å². The summed E-state index contributed by atoms with van der Waals surface area (Å²) < 4.78 is 118. The first-order valence-corrected chi connectivity index (χ1v) is 14.2. The molecule has 0 spiro atoms. The van der Waals surface area contributed by atoms with E-state index in [1.807, 2.05) is 30.3 Å². The van der Waals surface area contributed by atoms with Crippen LogP contribution in [0, 0.1) is 0 Å². The Balaban J connectivity index is 1.84. The SMILES string of the molecule is C=CC(F)(F)c1cc(CN(Cc2cc(C(F)(F)F)ccc2-c2ccccc2OCc2ccccc2)/C(N)=N/N(C)N)cc(C(F)(F)F)c1. The number of hydrazone groups is 1. The number of alkyl halides is 8. The van der Waals surface area contributed by atoms with Gasteiger partial charge in [-0.1, -0.05) is 61.2 Å². The Kier molecular flexibility index (Phi) is 10.7. The molecule has 0 aromatic heterocycles. The lowest BCUT2D eigenvalue weighted by Crippen LogP contribution is -2.39. The summed E-state index contributed by atoms with van der Waals surface area (Å²) >= 11 is 0. The molecule has 0 aliphatic heterocycles. The Labute approximate surface area is 271 Å². The average Bonchev–Trinajstić information content (AvgIpc) is 3.03. The number of hydrazine groups is 1. The van der Waals surface area contributed by atoms with Crippen molar-refractivity contribution in [1.29, 1.82) is 0 Å². The lowest BCUT2D eigenvalue weighted by molar-refractivity contribution is -0.138. The van der Waals surface area contributed by atoms with Crippen LogP contribution in [-0.4, -0.2) is 23.0 Å². The number of allylic oxidation sites excluding steroid dienone is 1. The Hall–Kier alpha value is -5.11. The van der Waals surface area contributed by atoms with Crippen LogP contribution in [0.5, 0.6) is 5.75 Å². The number of benzene rings is 4. The maximum atomic E-state index is 14.6. The Morgan fingerprint density at radius 3 is 2.00 bits per heavy atom. The zero-order valence-electron chi connectivity index (χ0n) is 25.5. The van der Waals surface area contributed by atoms with Crippen molar-refractivity contribution in [1.82, 2.24) is 10.0 Å². The van der Waals surface area contributed by atoms with Crippen molar-refractivity contribution in [3.8, 4) is 16.9 Å². The molecule has 0 aliphatic carbocycles. The second-order valence-corrected chi connectivity index (χ2v) is 10.8. The van der Waals surface area contributed by atoms with Gasteiger partial charge in [0.2, 0.25) is 5.96 Å². The van der Waals surface area contributed by atoms with E-state index in [4.69, 9.17) is 16.3 Å². The van der Waals surface area contributed by atoms with Gasteiger partial charge in [-0.15, -0.1) is 5.10 Å². The zero-order chi connectivity index (χ0) is 35.3. The highest BCUT2D eigenvalue weighted by Gasteiger charge is 2.36. The molecular formula is C34H31F8N5O. The van der Waals surface area contributed by atoms with Gasteiger partial charge in [0.1, 0.15) is 12.4 Å². The van der Waals surface area contributed by atoms with E-state index in [1.165, 1.54) is 13.1 Å². The second kappa shape index (κ2) is 14.3. The molecule has 0 amide bonds. The number of hydrogen-bond acceptors (Lipinski definition) is 4. The van der Waals surface area contributed by atoms with Crippen LogP contribution in [0.1, 0.15) is 33.4 Å². The molecule has 0 unspecified atom stereocenters. The number of nitrogens with two attached hydrogens (primary N) is 2. The van der Waals surface area contributed by atoms with Gasteiger partial charge in [-0.3, -0.25) is 0 Å². The maximum absolute atomic E-state index is 14.6. The third kappa shape index (κ3) is 9.03. The van der Waals surface area contributed by atoms with Crippen LogP contribution < -0.4 is 16.3 Å². The molecule has 4 aromatic rings. The smallest absolute Gasteiger partial charge is 0.416 e. The molecule has 0 aliphatic rings. The highest BCUT2D eigenvalue weighted by atomic mass is 19.4. The number of ether oxygens (including phenoxy) is 1. The number of nitrogens with zero attached hydrogens (tertiary/aromatic N) is 3. The molecule has 0 heterocycles. The third-order valence-electron chi connectivity index (χ3n) is 7.13. The lowest BCUT2D eigenvalue weighted by Gasteiger charge is -2.27. The van der Waals surface area contributed by atoms with Gasteiger partial charge in [0.25, 0.3) is 5.92 Å². The van der Waals surface area contributed by atoms with Crippen molar-refractivity contribution < 1.29 is 39.9 Å². The first-order chi connectivity index (χ1) is 22.5. The summed E-state index contributed by atoms with van der Waals surface area (Å²) in [6.07, 6.45) is -9.55. The molecule has 0 bridgehead atoms. The predicted octanol–water partition coefficient (Wildman–Crippen LogP) is 8.29. The van der Waals surface area contributed by atoms with Crippen LogP contribution in [0.15, 0.2) is 109 Å². The monoisotopic (exact) mass is 677 g/mol. The van der Waals surface area contributed by atoms with E-state index in [1.54, 1.807) is 24.3 Å². The molecule has 0 saturated carbocycles. The van der Waals surface area contributed by atoms with Gasteiger partial charge in [0, 0.05) is 31.3 Å². The summed E-state index contributed by atoms with van der Waals surface area (Å²) in [5.74, 6) is 1.72. The van der Waals surface area contributed by atoms with E-state index in [9.17, 15) is 35.1 Å². The van der Waals surface area contributed by atoms with Crippen molar-refractivity contribution >= 4 is 5.96 Å². The normalized spacial score (nSPS) is 12.5. The Bertz CT molecular complexity index is 1750. The lowest BCUT2D eigenvalue weighted by atomic mass is 9.95. The van der Waals surface area contributed by atoms with Crippen molar-refractivity contribution in [2.24, 2.45) is 16.7 Å². The fourth-order valence-corrected chi connectivity index (χ4v) is 4.84. The molecule has 0 radical (unpaired) electrons. The first kappa shape index (κ1) is 35.7. The number of guanidine groups is 1. The van der Waals surface area contributed by atoms with Gasteiger partial charge in [-0.25, -0.2) is 11.0 Å². The molecular weight excluding hydrogens is 646 g/mol. The van der Waals surface area contributed by atoms with Gasteiger partial charge in [-0.05, 0) is 64.7 Å². The topological polar surface area (TPSA) is 80.1 Å². The quantitative estimate of drug-likeness (QED) is 0.0417. The minimum atomic E-state index is -5.00. The molecule has 4 rings (SSSR count). The molecule has 6 nitrogen and oxygen atoms in total. The Morgan fingerprint density at radius 1 is 0.750 bits per heavy atom. The average molecular weight is 678 g/mol. The van der Waals surface area contributed by atoms with Crippen molar-refractivity contribution in [3.63, 3.8) is 0 Å². The summed E-state index contributed by atoms with van der Waals surface area (Å²) in [4.78, 5) is 1.13. The summed E-state index contributed by atoms with van der Waals surface area (Å²) in [6, 6.07) is 20.6. The summed E-state index contributed by atoms with van der Waals surface area (Å²) in [5, 5.41) is 4.66. The molecule has 0 saturated heterocycles. The van der Waals surface area contributed by atoms with E-state index in [0.717, 1.165) is 33.8 Å². The van der Waals surface area contributed by atoms with Crippen molar-refractivity contribution in [2.75, 3.05) is 7.05 Å². The van der Waals surface area contributed by atoms with E-state index in [-0.39, 0.29) is 29.4 Å². The van der Waals surface area contributed by atoms with Crippen LogP contribution in [0.3, 0.4) is 0 Å². The van der Waals surface area contributed by atoms with Crippen molar-refractivity contribution in [3.05, 3.63) is 137 Å². The zero-order valence-corrected chi connectivity index (χ0v) is 25.5. The van der Waals surface area contributed by atoms with Crippen LogP contribution >= 0.6 is 0 Å². The van der Waals surface area contributed by atoms with Crippen LogP contribution in [-0.2, 0) is 38.0 Å². The predicted molar refractivity (Wildman–Crippen MR) is 166 cm³/mol. The molecule has 48 heavy (non-hydrogen) atoms. The summed E-state index contributed by atoms with van der Waals surface area (Å²) in [7, 11) is 1.29. The largest absolute Gasteiger partial charge is 0.488 e. The van der Waals surface area contributed by atoms with E-state index < -0.39 is 54.0 Å². The van der Waals surface area contributed by atoms with Gasteiger partial charge >= 0.3 is 12.4 Å². The third-order valence-corrected chi connectivity index (χ3v) is 7.13. The van der Waals surface area contributed by atoms with Crippen molar-refractivity contribution in [2.45, 2.75) is 38.0 Å². The fourth-order valence-electron chi connectivity index (χ4n) is 4.84. The number of para-hydroxylation sites is 1. The highest BCUT2D eigenvalue weighted by molar-refractivity contribution is 5.79. The Morgan fingerprint density at radius 2 is 1.38 bits per heavy atom. The minimum Gasteiger partial charge on any atom is -0.488 e. The fraction of sp³-hybridized carbons (Fsp3) is 0.206. The van der Waals surface area contributed by atoms with Crippen LogP contribution in [0.25, 0.3) is 11.1 Å². The maximum Gasteiger partial charge on any atom is 0.416 e. The highest BCUT2D eigenvalue weighted by Crippen LogP contribution is 2.39. The van der Waals surface area contributed by atoms with E-state index in [2.05, 4.69) is 11.7 Å². The number of rotatable bonds is 11. The molecule has 4 N–H and O–H groups in total. The first-order valence-electron chi connectivity index (χ1n) is 14.2. The summed E-state index contributed by atoms with van der Waals surface area (Å²) in [5.41, 5.74) is 4.08. The number of hydrogen-bond donors (Lipinski definition) is 2. The second-order valence-electron chi connectivity index (χ2n) is 10.8. The molecule has 4 aromatic carbocycles. The minimum absolute atomic E-state index is 0.0297. The molecule has 254 valence electrons.